The minimum absolute atomic E-state index is 0.519. The Morgan fingerprint density at radius 3 is 2.13 bits per heavy atom. The van der Waals surface area contributed by atoms with Gasteiger partial charge in [0.2, 0.25) is 0 Å². The van der Waals surface area contributed by atoms with Gasteiger partial charge >= 0.3 is 0 Å². The molecule has 0 N–H and O–H groups in total. The molecule has 0 unspecified atom stereocenters. The van der Waals surface area contributed by atoms with E-state index in [4.69, 9.17) is 14.0 Å². The number of hydrogen-bond donors (Lipinski definition) is 0. The van der Waals surface area contributed by atoms with Crippen molar-refractivity contribution in [1.82, 2.24) is 10.1 Å². The fraction of sp³-hybridized carbons (Fsp3) is 0.459. The molecule has 1 aromatic carbocycles. The summed E-state index contributed by atoms with van der Waals surface area (Å²) in [5.41, 5.74) is 7.23. The molecule has 8 heteroatoms. The summed E-state index contributed by atoms with van der Waals surface area (Å²) in [4.78, 5) is 4.40. The van der Waals surface area contributed by atoms with E-state index < -0.39 is 0 Å². The van der Waals surface area contributed by atoms with E-state index in [1.54, 1.807) is 19.1 Å². The van der Waals surface area contributed by atoms with Crippen LogP contribution in [0.4, 0.5) is 5.82 Å². The highest BCUT2D eigenvalue weighted by Gasteiger charge is 2.21. The number of rotatable bonds is 7. The van der Waals surface area contributed by atoms with Crippen molar-refractivity contribution in [2.24, 2.45) is 0 Å². The third-order valence-electron chi connectivity index (χ3n) is 6.55. The first-order valence-electron chi connectivity index (χ1n) is 15.9. The van der Waals surface area contributed by atoms with E-state index in [1.165, 1.54) is 33.1 Å². The van der Waals surface area contributed by atoms with Crippen LogP contribution < -0.4 is 9.04 Å². The fourth-order valence-electron chi connectivity index (χ4n) is 3.94. The molecule has 1 aliphatic carbocycles. The predicted molar refractivity (Wildman–Crippen MR) is 199 cm³/mol. The SMILES string of the molecule is CC.CC.CC1=CCC=C(C)C=C1.CCOCN(SC1=C(C)CCS1)c1noc(C)c1C.COc1cc(C)nc2ccccc12. The van der Waals surface area contributed by atoms with Crippen LogP contribution in [-0.4, -0.2) is 36.3 Å². The van der Waals surface area contributed by atoms with Crippen LogP contribution >= 0.6 is 23.7 Å². The normalized spacial score (nSPS) is 13.4. The van der Waals surface area contributed by atoms with Gasteiger partial charge in [-0.1, -0.05) is 86.0 Å². The maximum atomic E-state index is 5.55. The van der Waals surface area contributed by atoms with Crippen molar-refractivity contribution < 1.29 is 14.0 Å². The Labute approximate surface area is 281 Å². The summed E-state index contributed by atoms with van der Waals surface area (Å²) in [5, 5.41) is 5.22. The van der Waals surface area contributed by atoms with E-state index >= 15 is 0 Å². The van der Waals surface area contributed by atoms with Gasteiger partial charge in [-0.3, -0.25) is 9.29 Å². The van der Waals surface area contributed by atoms with E-state index in [0.717, 1.165) is 45.9 Å². The van der Waals surface area contributed by atoms with Gasteiger partial charge in [-0.25, -0.2) is 0 Å². The predicted octanol–water partition coefficient (Wildman–Crippen LogP) is 11.6. The van der Waals surface area contributed by atoms with Gasteiger partial charge < -0.3 is 14.0 Å². The average Bonchev–Trinajstić information content (AvgIpc) is 3.56. The van der Waals surface area contributed by atoms with Crippen LogP contribution in [0.3, 0.4) is 0 Å². The number of aryl methyl sites for hydroxylation is 2. The molecule has 0 spiro atoms. The Morgan fingerprint density at radius 1 is 0.956 bits per heavy atom. The van der Waals surface area contributed by atoms with Crippen molar-refractivity contribution >= 4 is 40.4 Å². The number of pyridine rings is 1. The maximum absolute atomic E-state index is 5.55. The van der Waals surface area contributed by atoms with Crippen LogP contribution in [0, 0.1) is 20.8 Å². The molecule has 0 saturated carbocycles. The Kier molecular flexibility index (Phi) is 20.1. The van der Waals surface area contributed by atoms with Gasteiger partial charge in [0.15, 0.2) is 5.82 Å². The molecule has 248 valence electrons. The molecule has 5 rings (SSSR count). The quantitative estimate of drug-likeness (QED) is 0.184. The number of benzene rings is 1. The first-order valence-corrected chi connectivity index (χ1v) is 17.7. The van der Waals surface area contributed by atoms with Crippen LogP contribution in [0.5, 0.6) is 5.75 Å². The highest BCUT2D eigenvalue weighted by atomic mass is 32.2. The third-order valence-corrected chi connectivity index (χ3v) is 9.16. The maximum Gasteiger partial charge on any atom is 0.187 e. The molecule has 0 radical (unpaired) electrons. The van der Waals surface area contributed by atoms with Gasteiger partial charge in [-0.2, -0.15) is 0 Å². The summed E-state index contributed by atoms with van der Waals surface area (Å²) < 4.78 is 19.5. The number of thioether (sulfide) groups is 1. The lowest BCUT2D eigenvalue weighted by molar-refractivity contribution is 0.158. The molecule has 6 nitrogen and oxygen atoms in total. The molecule has 0 bridgehead atoms. The zero-order valence-electron chi connectivity index (χ0n) is 29.6. The summed E-state index contributed by atoms with van der Waals surface area (Å²) in [6.07, 6.45) is 11.0. The van der Waals surface area contributed by atoms with Crippen molar-refractivity contribution in [1.29, 1.82) is 0 Å². The van der Waals surface area contributed by atoms with Gasteiger partial charge in [-0.05, 0) is 85.4 Å². The first-order chi connectivity index (χ1) is 21.7. The number of allylic oxidation sites excluding steroid dienone is 7. The van der Waals surface area contributed by atoms with E-state index in [0.29, 0.717) is 13.3 Å². The third kappa shape index (κ3) is 13.5. The summed E-state index contributed by atoms with van der Waals surface area (Å²) in [6, 6.07) is 9.92. The largest absolute Gasteiger partial charge is 0.496 e. The summed E-state index contributed by atoms with van der Waals surface area (Å²) in [5.74, 6) is 3.79. The number of anilines is 1. The topological polar surface area (TPSA) is 60.6 Å². The van der Waals surface area contributed by atoms with E-state index in [2.05, 4.69) is 59.5 Å². The first kappa shape index (κ1) is 40.1. The smallest absolute Gasteiger partial charge is 0.187 e. The summed E-state index contributed by atoms with van der Waals surface area (Å²) in [6.45, 7) is 23.6. The second-order valence-electron chi connectivity index (χ2n) is 9.89. The molecular weight excluding hydrogens is 599 g/mol. The minimum atomic E-state index is 0.519. The second-order valence-corrected chi connectivity index (χ2v) is 12.3. The Morgan fingerprint density at radius 2 is 1.60 bits per heavy atom. The van der Waals surface area contributed by atoms with Crippen LogP contribution in [0.25, 0.3) is 10.9 Å². The van der Waals surface area contributed by atoms with Gasteiger partial charge in [-0.15, -0.1) is 11.8 Å². The molecule has 3 heterocycles. The van der Waals surface area contributed by atoms with Crippen molar-refractivity contribution in [2.75, 3.05) is 30.5 Å². The lowest BCUT2D eigenvalue weighted by atomic mass is 10.2. The molecule has 2 aromatic heterocycles. The van der Waals surface area contributed by atoms with Crippen molar-refractivity contribution in [3.05, 3.63) is 92.6 Å². The molecule has 1 aliphatic heterocycles. The van der Waals surface area contributed by atoms with Crippen molar-refractivity contribution in [3.63, 3.8) is 0 Å². The number of aromatic nitrogens is 2. The molecule has 0 amide bonds. The number of nitrogens with zero attached hydrogens (tertiary/aromatic N) is 3. The van der Waals surface area contributed by atoms with Gasteiger partial charge in [0.25, 0.3) is 0 Å². The molecule has 0 fully saturated rings. The molecular formula is C37H55N3O3S2. The Hall–Kier alpha value is -2.94. The number of methoxy groups -OCH3 is 1. The zero-order valence-corrected chi connectivity index (χ0v) is 31.2. The highest BCUT2D eigenvalue weighted by Crippen LogP contribution is 2.43. The standard InChI is InChI=1S/C13H20N2O2S2.C11H11NO.C9H12.2C2H6/c1-5-16-8-15(12-10(3)11(4)17-14-12)19-13-9(2)6-7-18-13;1-8-7-11(13-2)9-5-3-4-6-10(9)12-8;1-8-4-3-5-9(2)7-6-8;2*1-2/h5-8H2,1-4H3;3-7H,1-2H3;4-7H,3H2,1-2H3;2*1-2H3. The number of ether oxygens (including phenoxy) is 2. The Balaban J connectivity index is 0.000000338. The van der Waals surface area contributed by atoms with E-state index in [-0.39, 0.29) is 0 Å². The molecule has 0 saturated heterocycles. The lowest BCUT2D eigenvalue weighted by Gasteiger charge is -2.21. The molecule has 45 heavy (non-hydrogen) atoms. The van der Waals surface area contributed by atoms with Crippen LogP contribution in [0.15, 0.2) is 80.1 Å². The highest BCUT2D eigenvalue weighted by molar-refractivity contribution is 8.23. The zero-order chi connectivity index (χ0) is 33.8. The number of fused-ring (bicyclic) bond motifs is 1. The Bertz CT molecular complexity index is 1400. The molecule has 0 atom stereocenters. The van der Waals surface area contributed by atoms with Crippen molar-refractivity contribution in [2.45, 2.75) is 89.0 Å². The summed E-state index contributed by atoms with van der Waals surface area (Å²) in [7, 11) is 1.68. The fourth-order valence-corrected chi connectivity index (χ4v) is 6.45. The number of hydrogen-bond acceptors (Lipinski definition) is 8. The van der Waals surface area contributed by atoms with Gasteiger partial charge in [0, 0.05) is 35.1 Å². The lowest BCUT2D eigenvalue weighted by Crippen LogP contribution is -2.19. The summed E-state index contributed by atoms with van der Waals surface area (Å²) >= 11 is 3.62. The number of para-hydroxylation sites is 1. The van der Waals surface area contributed by atoms with Crippen molar-refractivity contribution in [3.8, 4) is 5.75 Å². The van der Waals surface area contributed by atoms with Crippen LogP contribution in [-0.2, 0) is 4.74 Å². The second kappa shape index (κ2) is 22.5. The van der Waals surface area contributed by atoms with E-state index in [1.807, 2.05) is 97.5 Å². The minimum Gasteiger partial charge on any atom is -0.496 e. The monoisotopic (exact) mass is 653 g/mol. The molecule has 3 aromatic rings. The van der Waals surface area contributed by atoms with Crippen LogP contribution in [0.1, 0.15) is 85.2 Å². The van der Waals surface area contributed by atoms with E-state index in [9.17, 15) is 0 Å². The van der Waals surface area contributed by atoms with Gasteiger partial charge in [0.05, 0.1) is 16.9 Å². The van der Waals surface area contributed by atoms with Gasteiger partial charge in [0.1, 0.15) is 18.2 Å². The average molecular weight is 654 g/mol. The molecule has 2 aliphatic rings. The van der Waals surface area contributed by atoms with Crippen LogP contribution in [0.2, 0.25) is 0 Å².